The van der Waals surface area contributed by atoms with Gasteiger partial charge in [0.2, 0.25) is 0 Å². The Kier molecular flexibility index (Phi) is 5.29. The van der Waals surface area contributed by atoms with Crippen LogP contribution in [0.4, 0.5) is 0 Å². The van der Waals surface area contributed by atoms with Crippen molar-refractivity contribution < 1.29 is 4.21 Å². The van der Waals surface area contributed by atoms with Gasteiger partial charge in [0.15, 0.2) is 0 Å². The fourth-order valence-electron chi connectivity index (χ4n) is 1.20. The number of halogens is 1. The number of hydrogen-bond donors (Lipinski definition) is 1. The lowest BCUT2D eigenvalue weighted by Crippen LogP contribution is -2.26. The molecule has 0 spiro atoms. The van der Waals surface area contributed by atoms with Crippen molar-refractivity contribution in [3.8, 4) is 0 Å². The van der Waals surface area contributed by atoms with Gasteiger partial charge in [0.05, 0.1) is 5.75 Å². The number of hydrogen-bond acceptors (Lipinski definition) is 2. The molecule has 0 saturated carbocycles. The highest BCUT2D eigenvalue weighted by Gasteiger charge is 2.08. The minimum Gasteiger partial charge on any atom is -0.327 e. The molecule has 0 aliphatic heterocycles. The SMILES string of the molecule is CCC(N)CS(=O)Cc1ccccc1Cl. The van der Waals surface area contributed by atoms with Crippen LogP contribution in [0.2, 0.25) is 5.02 Å². The Morgan fingerprint density at radius 2 is 2.13 bits per heavy atom. The molecule has 0 aromatic heterocycles. The van der Waals surface area contributed by atoms with Gasteiger partial charge in [-0.25, -0.2) is 0 Å². The van der Waals surface area contributed by atoms with Crippen molar-refractivity contribution in [1.82, 2.24) is 0 Å². The molecule has 2 nitrogen and oxygen atoms in total. The highest BCUT2D eigenvalue weighted by atomic mass is 35.5. The summed E-state index contributed by atoms with van der Waals surface area (Å²) >= 11 is 5.97. The maximum absolute atomic E-state index is 11.7. The third kappa shape index (κ3) is 4.33. The average molecular weight is 246 g/mol. The summed E-state index contributed by atoms with van der Waals surface area (Å²) in [6, 6.07) is 7.50. The average Bonchev–Trinajstić information content (AvgIpc) is 2.21. The van der Waals surface area contributed by atoms with E-state index in [-0.39, 0.29) is 6.04 Å². The van der Waals surface area contributed by atoms with E-state index in [4.69, 9.17) is 17.3 Å². The van der Waals surface area contributed by atoms with Crippen LogP contribution in [0.1, 0.15) is 18.9 Å². The quantitative estimate of drug-likeness (QED) is 0.865. The van der Waals surface area contributed by atoms with Crippen LogP contribution < -0.4 is 5.73 Å². The third-order valence-corrected chi connectivity index (χ3v) is 4.00. The number of nitrogens with two attached hydrogens (primary N) is 1. The van der Waals surface area contributed by atoms with Crippen molar-refractivity contribution in [2.75, 3.05) is 5.75 Å². The normalized spacial score (nSPS) is 14.9. The standard InChI is InChI=1S/C11H16ClNOS/c1-2-10(13)8-15(14)7-9-5-3-4-6-11(9)12/h3-6,10H,2,7-8,13H2,1H3. The second kappa shape index (κ2) is 6.26. The molecular weight excluding hydrogens is 230 g/mol. The van der Waals surface area contributed by atoms with Crippen LogP contribution in [0.3, 0.4) is 0 Å². The second-order valence-electron chi connectivity index (χ2n) is 3.51. The fourth-order valence-corrected chi connectivity index (χ4v) is 2.92. The summed E-state index contributed by atoms with van der Waals surface area (Å²) in [6.07, 6.45) is 0.855. The fraction of sp³-hybridized carbons (Fsp3) is 0.455. The first-order chi connectivity index (χ1) is 7.13. The van der Waals surface area contributed by atoms with Gasteiger partial charge in [-0.3, -0.25) is 4.21 Å². The smallest absolute Gasteiger partial charge is 0.0501 e. The van der Waals surface area contributed by atoms with Crippen molar-refractivity contribution in [1.29, 1.82) is 0 Å². The lowest BCUT2D eigenvalue weighted by atomic mass is 10.2. The molecule has 0 radical (unpaired) electrons. The van der Waals surface area contributed by atoms with E-state index in [1.807, 2.05) is 31.2 Å². The van der Waals surface area contributed by atoms with Gasteiger partial charge in [0.25, 0.3) is 0 Å². The Morgan fingerprint density at radius 3 is 2.73 bits per heavy atom. The summed E-state index contributed by atoms with van der Waals surface area (Å²) in [5, 5.41) is 0.677. The molecule has 2 atom stereocenters. The molecule has 84 valence electrons. The summed E-state index contributed by atoms with van der Waals surface area (Å²) in [7, 11) is -0.921. The van der Waals surface area contributed by atoms with E-state index in [1.165, 1.54) is 0 Å². The molecule has 0 bridgehead atoms. The summed E-state index contributed by atoms with van der Waals surface area (Å²) in [6.45, 7) is 2.00. The third-order valence-electron chi connectivity index (χ3n) is 2.20. The molecule has 1 aromatic rings. The van der Waals surface area contributed by atoms with Crippen LogP contribution in [-0.4, -0.2) is 16.0 Å². The van der Waals surface area contributed by atoms with Gasteiger partial charge in [0.1, 0.15) is 0 Å². The highest BCUT2D eigenvalue weighted by molar-refractivity contribution is 7.84. The van der Waals surface area contributed by atoms with Crippen molar-refractivity contribution in [2.24, 2.45) is 5.73 Å². The molecule has 0 amide bonds. The summed E-state index contributed by atoms with van der Waals surface area (Å²) in [5.41, 5.74) is 6.67. The van der Waals surface area contributed by atoms with Crippen LogP contribution in [0.25, 0.3) is 0 Å². The molecule has 0 aliphatic carbocycles. The molecule has 1 rings (SSSR count). The van der Waals surface area contributed by atoms with E-state index in [9.17, 15) is 4.21 Å². The first-order valence-electron chi connectivity index (χ1n) is 4.97. The van der Waals surface area contributed by atoms with Gasteiger partial charge in [-0.05, 0) is 18.1 Å². The Bertz CT molecular complexity index is 343. The molecule has 1 aromatic carbocycles. The minimum absolute atomic E-state index is 0.0216. The topological polar surface area (TPSA) is 43.1 Å². The first-order valence-corrected chi connectivity index (χ1v) is 6.84. The van der Waals surface area contributed by atoms with Crippen LogP contribution in [0, 0.1) is 0 Å². The van der Waals surface area contributed by atoms with E-state index < -0.39 is 10.8 Å². The van der Waals surface area contributed by atoms with Crippen LogP contribution in [0.15, 0.2) is 24.3 Å². The van der Waals surface area contributed by atoms with E-state index in [0.29, 0.717) is 16.5 Å². The number of rotatable bonds is 5. The predicted molar refractivity (Wildman–Crippen MR) is 66.4 cm³/mol. The second-order valence-corrected chi connectivity index (χ2v) is 5.42. The summed E-state index contributed by atoms with van der Waals surface area (Å²) in [4.78, 5) is 0. The van der Waals surface area contributed by atoms with Gasteiger partial charge in [-0.2, -0.15) is 0 Å². The van der Waals surface area contributed by atoms with E-state index in [2.05, 4.69) is 0 Å². The zero-order valence-electron chi connectivity index (χ0n) is 8.78. The van der Waals surface area contributed by atoms with Gasteiger partial charge >= 0.3 is 0 Å². The van der Waals surface area contributed by atoms with Gasteiger partial charge < -0.3 is 5.73 Å². The lowest BCUT2D eigenvalue weighted by Gasteiger charge is -2.08. The molecule has 0 aliphatic rings. The van der Waals surface area contributed by atoms with Crippen LogP contribution >= 0.6 is 11.6 Å². The predicted octanol–water partition coefficient (Wildman–Crippen LogP) is 2.33. The molecule has 2 unspecified atom stereocenters. The molecule has 0 fully saturated rings. The molecule has 15 heavy (non-hydrogen) atoms. The largest absolute Gasteiger partial charge is 0.327 e. The Balaban J connectivity index is 2.55. The Labute approximate surface area is 98.3 Å². The maximum atomic E-state index is 11.7. The zero-order valence-corrected chi connectivity index (χ0v) is 10.4. The molecule has 0 heterocycles. The van der Waals surface area contributed by atoms with Crippen molar-refractivity contribution in [3.05, 3.63) is 34.9 Å². The molecule has 4 heteroatoms. The number of benzene rings is 1. The van der Waals surface area contributed by atoms with Crippen LogP contribution in [0.5, 0.6) is 0 Å². The lowest BCUT2D eigenvalue weighted by molar-refractivity contribution is 0.663. The maximum Gasteiger partial charge on any atom is 0.0501 e. The van der Waals surface area contributed by atoms with Gasteiger partial charge in [-0.1, -0.05) is 36.7 Å². The monoisotopic (exact) mass is 245 g/mol. The molecule has 0 saturated heterocycles. The first kappa shape index (κ1) is 12.7. The van der Waals surface area contributed by atoms with Gasteiger partial charge in [0, 0.05) is 27.6 Å². The van der Waals surface area contributed by atoms with Crippen molar-refractivity contribution in [2.45, 2.75) is 25.1 Å². The minimum atomic E-state index is -0.921. The Morgan fingerprint density at radius 1 is 1.47 bits per heavy atom. The zero-order chi connectivity index (χ0) is 11.3. The Hall–Kier alpha value is -0.380. The van der Waals surface area contributed by atoms with Crippen molar-refractivity contribution >= 4 is 22.4 Å². The van der Waals surface area contributed by atoms with Crippen molar-refractivity contribution in [3.63, 3.8) is 0 Å². The summed E-state index contributed by atoms with van der Waals surface area (Å²) in [5.74, 6) is 1.04. The van der Waals surface area contributed by atoms with E-state index in [1.54, 1.807) is 0 Å². The van der Waals surface area contributed by atoms with E-state index in [0.717, 1.165) is 12.0 Å². The van der Waals surface area contributed by atoms with Gasteiger partial charge in [-0.15, -0.1) is 0 Å². The van der Waals surface area contributed by atoms with E-state index >= 15 is 0 Å². The highest BCUT2D eigenvalue weighted by Crippen LogP contribution is 2.16. The summed E-state index contributed by atoms with van der Waals surface area (Å²) < 4.78 is 11.7. The van der Waals surface area contributed by atoms with Crippen LogP contribution in [-0.2, 0) is 16.6 Å². The molecule has 2 N–H and O–H groups in total. The molecular formula is C11H16ClNOS.